The van der Waals surface area contributed by atoms with Crippen LogP contribution in [0.1, 0.15) is 31.9 Å². The highest BCUT2D eigenvalue weighted by Gasteiger charge is 2.46. The molecule has 0 aliphatic carbocycles. The van der Waals surface area contributed by atoms with Gasteiger partial charge in [-0.2, -0.15) is 0 Å². The molecule has 7 heteroatoms. The second-order valence-electron chi connectivity index (χ2n) is 8.64. The fourth-order valence-corrected chi connectivity index (χ4v) is 5.14. The van der Waals surface area contributed by atoms with Gasteiger partial charge in [-0.1, -0.05) is 18.2 Å². The number of anilines is 1. The van der Waals surface area contributed by atoms with Crippen molar-refractivity contribution in [3.63, 3.8) is 0 Å². The molecule has 5 rings (SSSR count). The van der Waals surface area contributed by atoms with Gasteiger partial charge in [0.1, 0.15) is 11.9 Å². The van der Waals surface area contributed by atoms with E-state index >= 15 is 0 Å². The summed E-state index contributed by atoms with van der Waals surface area (Å²) in [6.45, 7) is 4.29. The van der Waals surface area contributed by atoms with Crippen LogP contribution in [0.2, 0.25) is 0 Å². The third-order valence-electron chi connectivity index (χ3n) is 6.73. The summed E-state index contributed by atoms with van der Waals surface area (Å²) in [4.78, 5) is 36.1. The number of nitrogens with zero attached hydrogens (tertiary/aromatic N) is 4. The number of rotatable bonds is 3. The van der Waals surface area contributed by atoms with E-state index in [1.807, 2.05) is 52.3 Å². The molecule has 2 bridgehead atoms. The molecule has 2 amide bonds. The second kappa shape index (κ2) is 8.30. The second-order valence-corrected chi connectivity index (χ2v) is 8.64. The van der Waals surface area contributed by atoms with Crippen molar-refractivity contribution in [2.75, 3.05) is 24.5 Å². The van der Waals surface area contributed by atoms with E-state index in [1.165, 1.54) is 0 Å². The molecule has 3 aliphatic heterocycles. The first-order valence-electron chi connectivity index (χ1n) is 11.1. The number of amides is 2. The maximum absolute atomic E-state index is 13.9. The van der Waals surface area contributed by atoms with Crippen molar-refractivity contribution in [2.24, 2.45) is 0 Å². The predicted octanol–water partition coefficient (Wildman–Crippen LogP) is 2.46. The Labute approximate surface area is 182 Å². The minimum atomic E-state index is -0.212. The summed E-state index contributed by atoms with van der Waals surface area (Å²) < 4.78 is 6.40. The van der Waals surface area contributed by atoms with Crippen molar-refractivity contribution < 1.29 is 14.3 Å². The Morgan fingerprint density at radius 3 is 2.65 bits per heavy atom. The van der Waals surface area contributed by atoms with Gasteiger partial charge in [0.2, 0.25) is 11.8 Å². The van der Waals surface area contributed by atoms with Crippen molar-refractivity contribution >= 4 is 17.5 Å². The molecule has 2 saturated heterocycles. The zero-order valence-electron chi connectivity index (χ0n) is 17.8. The van der Waals surface area contributed by atoms with Gasteiger partial charge in [-0.25, -0.2) is 0 Å². The van der Waals surface area contributed by atoms with Crippen LogP contribution in [0.25, 0.3) is 0 Å². The third kappa shape index (κ3) is 3.90. The Kier molecular flexibility index (Phi) is 5.36. The average molecular weight is 421 g/mol. The number of hydrogen-bond donors (Lipinski definition) is 0. The van der Waals surface area contributed by atoms with E-state index in [0.29, 0.717) is 13.0 Å². The van der Waals surface area contributed by atoms with Crippen molar-refractivity contribution in [1.82, 2.24) is 14.8 Å². The molecule has 0 radical (unpaired) electrons. The first kappa shape index (κ1) is 20.0. The van der Waals surface area contributed by atoms with E-state index in [9.17, 15) is 9.59 Å². The zero-order chi connectivity index (χ0) is 21.4. The lowest BCUT2D eigenvalue weighted by Gasteiger charge is -2.39. The SMILES string of the molecule is CC(=O)N1CCC(N2C[C@@H]3C[C@H]2C(=O)N(Cc2ccccn2)c2ccccc2O3)CC1. The number of carbonyl (C=O) groups excluding carboxylic acids is 2. The van der Waals surface area contributed by atoms with Gasteiger partial charge >= 0.3 is 0 Å². The molecule has 7 nitrogen and oxygen atoms in total. The molecule has 2 aromatic rings. The lowest BCUT2D eigenvalue weighted by molar-refractivity contribution is -0.131. The van der Waals surface area contributed by atoms with E-state index in [-0.39, 0.29) is 30.0 Å². The minimum absolute atomic E-state index is 0.00191. The van der Waals surface area contributed by atoms with Crippen molar-refractivity contribution in [3.05, 3.63) is 54.4 Å². The summed E-state index contributed by atoms with van der Waals surface area (Å²) in [5.41, 5.74) is 1.66. The molecular weight excluding hydrogens is 392 g/mol. The Morgan fingerprint density at radius 1 is 1.13 bits per heavy atom. The van der Waals surface area contributed by atoms with Crippen LogP contribution in [0.4, 0.5) is 5.69 Å². The van der Waals surface area contributed by atoms with E-state index in [1.54, 1.807) is 13.1 Å². The number of ether oxygens (including phenoxy) is 1. The van der Waals surface area contributed by atoms with E-state index < -0.39 is 0 Å². The first-order valence-corrected chi connectivity index (χ1v) is 11.1. The van der Waals surface area contributed by atoms with Gasteiger partial charge in [0.15, 0.2) is 0 Å². The Morgan fingerprint density at radius 2 is 1.90 bits per heavy atom. The molecule has 0 unspecified atom stereocenters. The number of carbonyl (C=O) groups is 2. The number of pyridine rings is 1. The van der Waals surface area contributed by atoms with Crippen LogP contribution < -0.4 is 9.64 Å². The molecule has 162 valence electrons. The largest absolute Gasteiger partial charge is 0.487 e. The molecule has 2 atom stereocenters. The van der Waals surface area contributed by atoms with E-state index in [4.69, 9.17) is 4.74 Å². The van der Waals surface area contributed by atoms with Crippen molar-refractivity contribution in [1.29, 1.82) is 0 Å². The fourth-order valence-electron chi connectivity index (χ4n) is 5.14. The molecule has 0 saturated carbocycles. The molecule has 4 heterocycles. The van der Waals surface area contributed by atoms with Gasteiger partial charge < -0.3 is 14.5 Å². The number of piperidine rings is 1. The normalized spacial score (nSPS) is 24.4. The van der Waals surface area contributed by atoms with Crippen LogP contribution in [-0.4, -0.2) is 64.4 Å². The lowest BCUT2D eigenvalue weighted by atomic mass is 10.0. The van der Waals surface area contributed by atoms with Crippen LogP contribution in [0.15, 0.2) is 48.7 Å². The predicted molar refractivity (Wildman–Crippen MR) is 117 cm³/mol. The van der Waals surface area contributed by atoms with Gasteiger partial charge in [-0.15, -0.1) is 0 Å². The van der Waals surface area contributed by atoms with Gasteiger partial charge in [0.05, 0.1) is 24.0 Å². The quantitative estimate of drug-likeness (QED) is 0.763. The molecule has 3 aliphatic rings. The first-order chi connectivity index (χ1) is 15.1. The number of para-hydroxylation sites is 2. The maximum atomic E-state index is 13.9. The van der Waals surface area contributed by atoms with Gasteiger partial charge in [-0.05, 0) is 37.1 Å². The van der Waals surface area contributed by atoms with Crippen LogP contribution in [0.3, 0.4) is 0 Å². The fraction of sp³-hybridized carbons (Fsp3) is 0.458. The summed E-state index contributed by atoms with van der Waals surface area (Å²) in [5, 5.41) is 0. The van der Waals surface area contributed by atoms with E-state index in [0.717, 1.165) is 49.6 Å². The minimum Gasteiger partial charge on any atom is -0.487 e. The number of likely N-dealkylation sites (tertiary alicyclic amines) is 2. The smallest absolute Gasteiger partial charge is 0.244 e. The van der Waals surface area contributed by atoms with E-state index in [2.05, 4.69) is 9.88 Å². The summed E-state index contributed by atoms with van der Waals surface area (Å²) in [6, 6.07) is 13.6. The third-order valence-corrected chi connectivity index (χ3v) is 6.73. The molecule has 0 N–H and O–H groups in total. The maximum Gasteiger partial charge on any atom is 0.244 e. The highest BCUT2D eigenvalue weighted by molar-refractivity contribution is 5.99. The highest BCUT2D eigenvalue weighted by atomic mass is 16.5. The Bertz CT molecular complexity index is 958. The molecule has 2 fully saturated rings. The number of benzene rings is 1. The van der Waals surface area contributed by atoms with Crippen molar-refractivity contribution in [3.8, 4) is 5.75 Å². The summed E-state index contributed by atoms with van der Waals surface area (Å²) in [7, 11) is 0. The summed E-state index contributed by atoms with van der Waals surface area (Å²) in [5.74, 6) is 0.991. The van der Waals surface area contributed by atoms with Crippen LogP contribution in [0, 0.1) is 0 Å². The highest BCUT2D eigenvalue weighted by Crippen LogP contribution is 2.38. The Hall–Kier alpha value is -2.93. The van der Waals surface area contributed by atoms with Crippen LogP contribution in [-0.2, 0) is 16.1 Å². The molecular formula is C24H28N4O3. The van der Waals surface area contributed by atoms with Gasteiger partial charge in [0, 0.05) is 45.2 Å². The molecule has 1 aromatic heterocycles. The lowest BCUT2D eigenvalue weighted by Crippen LogP contribution is -2.52. The average Bonchev–Trinajstić information content (AvgIpc) is 3.22. The summed E-state index contributed by atoms with van der Waals surface area (Å²) in [6.07, 6.45) is 4.23. The van der Waals surface area contributed by atoms with Crippen LogP contribution >= 0.6 is 0 Å². The number of hydrogen-bond acceptors (Lipinski definition) is 5. The topological polar surface area (TPSA) is 66.0 Å². The Balaban J connectivity index is 1.43. The standard InChI is InChI=1S/C24H28N4O3/c1-17(29)26-12-9-19(10-13-26)27-16-20-14-22(27)24(30)28(15-18-6-4-5-11-25-18)21-7-2-3-8-23(21)31-20/h2-8,11,19-20,22H,9-10,12-16H2,1H3/t20-,22-/m0/s1. The number of aromatic nitrogens is 1. The molecule has 31 heavy (non-hydrogen) atoms. The summed E-state index contributed by atoms with van der Waals surface area (Å²) >= 11 is 0. The van der Waals surface area contributed by atoms with Gasteiger partial charge in [0.25, 0.3) is 0 Å². The van der Waals surface area contributed by atoms with Gasteiger partial charge in [-0.3, -0.25) is 19.5 Å². The number of fused-ring (bicyclic) bond motifs is 3. The van der Waals surface area contributed by atoms with Crippen LogP contribution in [0.5, 0.6) is 5.75 Å². The monoisotopic (exact) mass is 420 g/mol. The van der Waals surface area contributed by atoms with Crippen molar-refractivity contribution in [2.45, 2.75) is 50.9 Å². The molecule has 1 aromatic carbocycles. The molecule has 0 spiro atoms. The zero-order valence-corrected chi connectivity index (χ0v) is 17.8.